The van der Waals surface area contributed by atoms with E-state index >= 15 is 0 Å². The van der Waals surface area contributed by atoms with Crippen molar-refractivity contribution in [2.75, 3.05) is 23.8 Å². The molecule has 0 bridgehead atoms. The van der Waals surface area contributed by atoms with Crippen molar-refractivity contribution >= 4 is 21.6 Å². The lowest BCUT2D eigenvalue weighted by atomic mass is 10.1. The number of halogens is 1. The fraction of sp³-hybridized carbons (Fsp3) is 0.538. The van der Waals surface area contributed by atoms with Crippen LogP contribution in [0.3, 0.4) is 0 Å². The average molecular weight is 270 g/mol. The SMILES string of the molecule is CC(CCBr)CCN(C)c1ccccc1. The van der Waals surface area contributed by atoms with Crippen molar-refractivity contribution in [3.8, 4) is 0 Å². The summed E-state index contributed by atoms with van der Waals surface area (Å²) >= 11 is 3.49. The third-order valence-electron chi connectivity index (χ3n) is 2.76. The molecule has 1 aromatic rings. The lowest BCUT2D eigenvalue weighted by Crippen LogP contribution is -2.20. The first-order valence-corrected chi connectivity index (χ1v) is 6.68. The van der Waals surface area contributed by atoms with Crippen LogP contribution in [-0.2, 0) is 0 Å². The lowest BCUT2D eigenvalue weighted by Gasteiger charge is -2.21. The van der Waals surface area contributed by atoms with Gasteiger partial charge in [0.05, 0.1) is 0 Å². The molecule has 0 heterocycles. The number of para-hydroxylation sites is 1. The van der Waals surface area contributed by atoms with E-state index in [0.29, 0.717) is 0 Å². The number of benzene rings is 1. The topological polar surface area (TPSA) is 3.24 Å². The van der Waals surface area contributed by atoms with Gasteiger partial charge in [-0.2, -0.15) is 0 Å². The second kappa shape index (κ2) is 6.89. The fourth-order valence-electron chi connectivity index (χ4n) is 1.56. The second-order valence-corrected chi connectivity index (χ2v) is 4.92. The van der Waals surface area contributed by atoms with Crippen LogP contribution in [0.2, 0.25) is 0 Å². The summed E-state index contributed by atoms with van der Waals surface area (Å²) < 4.78 is 0. The van der Waals surface area contributed by atoms with E-state index in [1.807, 2.05) is 0 Å². The fourth-order valence-corrected chi connectivity index (χ4v) is 2.34. The normalized spacial score (nSPS) is 12.5. The largest absolute Gasteiger partial charge is 0.375 e. The molecule has 1 nitrogen and oxygen atoms in total. The highest BCUT2D eigenvalue weighted by Gasteiger charge is 2.04. The second-order valence-electron chi connectivity index (χ2n) is 4.13. The molecule has 15 heavy (non-hydrogen) atoms. The zero-order chi connectivity index (χ0) is 11.1. The lowest BCUT2D eigenvalue weighted by molar-refractivity contribution is 0.523. The summed E-state index contributed by atoms with van der Waals surface area (Å²) in [5.41, 5.74) is 1.31. The number of rotatable bonds is 6. The van der Waals surface area contributed by atoms with E-state index in [-0.39, 0.29) is 0 Å². The molecule has 0 saturated heterocycles. The number of anilines is 1. The van der Waals surface area contributed by atoms with E-state index < -0.39 is 0 Å². The van der Waals surface area contributed by atoms with Gasteiger partial charge in [0.25, 0.3) is 0 Å². The van der Waals surface area contributed by atoms with Crippen LogP contribution in [-0.4, -0.2) is 18.9 Å². The molecule has 0 aliphatic heterocycles. The van der Waals surface area contributed by atoms with Gasteiger partial charge in [0.15, 0.2) is 0 Å². The highest BCUT2D eigenvalue weighted by Crippen LogP contribution is 2.14. The highest BCUT2D eigenvalue weighted by molar-refractivity contribution is 9.09. The molecule has 1 unspecified atom stereocenters. The molecule has 1 aromatic carbocycles. The minimum atomic E-state index is 0.801. The van der Waals surface area contributed by atoms with Crippen molar-refractivity contribution in [1.29, 1.82) is 0 Å². The predicted molar refractivity (Wildman–Crippen MR) is 71.9 cm³/mol. The molecular formula is C13H20BrN. The summed E-state index contributed by atoms with van der Waals surface area (Å²) in [5, 5.41) is 1.11. The molecule has 1 atom stereocenters. The summed E-state index contributed by atoms with van der Waals surface area (Å²) in [4.78, 5) is 2.32. The van der Waals surface area contributed by atoms with Crippen molar-refractivity contribution in [2.24, 2.45) is 5.92 Å². The first-order chi connectivity index (χ1) is 7.24. The minimum absolute atomic E-state index is 0.801. The van der Waals surface area contributed by atoms with Gasteiger partial charge in [0.2, 0.25) is 0 Å². The number of alkyl halides is 1. The van der Waals surface area contributed by atoms with Crippen LogP contribution in [0.25, 0.3) is 0 Å². The van der Waals surface area contributed by atoms with E-state index in [1.165, 1.54) is 18.5 Å². The van der Waals surface area contributed by atoms with Crippen molar-refractivity contribution < 1.29 is 0 Å². The molecule has 84 valence electrons. The van der Waals surface area contributed by atoms with Gasteiger partial charge < -0.3 is 4.90 Å². The Morgan fingerprint density at radius 3 is 2.47 bits per heavy atom. The Bertz CT molecular complexity index is 260. The Morgan fingerprint density at radius 1 is 1.20 bits per heavy atom. The van der Waals surface area contributed by atoms with Crippen molar-refractivity contribution in [3.05, 3.63) is 30.3 Å². The molecular weight excluding hydrogens is 250 g/mol. The summed E-state index contributed by atoms with van der Waals surface area (Å²) in [6, 6.07) is 10.6. The van der Waals surface area contributed by atoms with Gasteiger partial charge in [-0.1, -0.05) is 41.1 Å². The summed E-state index contributed by atoms with van der Waals surface area (Å²) in [7, 11) is 2.16. The number of hydrogen-bond donors (Lipinski definition) is 0. The molecule has 0 amide bonds. The first-order valence-electron chi connectivity index (χ1n) is 5.56. The molecule has 0 spiro atoms. The molecule has 0 fully saturated rings. The van der Waals surface area contributed by atoms with Crippen molar-refractivity contribution in [1.82, 2.24) is 0 Å². The Morgan fingerprint density at radius 2 is 1.87 bits per heavy atom. The summed E-state index contributed by atoms with van der Waals surface area (Å²) in [6.07, 6.45) is 2.53. The minimum Gasteiger partial charge on any atom is -0.375 e. The van der Waals surface area contributed by atoms with Gasteiger partial charge >= 0.3 is 0 Å². The maximum atomic E-state index is 3.49. The third-order valence-corrected chi connectivity index (χ3v) is 3.21. The molecule has 0 aliphatic rings. The molecule has 2 heteroatoms. The van der Waals surface area contributed by atoms with Gasteiger partial charge in [-0.15, -0.1) is 0 Å². The average Bonchev–Trinajstić information content (AvgIpc) is 2.27. The molecule has 0 radical (unpaired) electrons. The van der Waals surface area contributed by atoms with E-state index in [2.05, 4.69) is 65.1 Å². The van der Waals surface area contributed by atoms with E-state index in [1.54, 1.807) is 0 Å². The van der Waals surface area contributed by atoms with Crippen molar-refractivity contribution in [3.63, 3.8) is 0 Å². The Labute approximate surface area is 102 Å². The molecule has 1 rings (SSSR count). The Kier molecular flexibility index (Phi) is 5.77. The monoisotopic (exact) mass is 269 g/mol. The van der Waals surface area contributed by atoms with Gasteiger partial charge in [-0.25, -0.2) is 0 Å². The number of hydrogen-bond acceptors (Lipinski definition) is 1. The summed E-state index contributed by atoms with van der Waals surface area (Å²) in [5.74, 6) is 0.801. The maximum absolute atomic E-state index is 3.49. The molecule has 0 aromatic heterocycles. The third kappa shape index (κ3) is 4.70. The van der Waals surface area contributed by atoms with Gasteiger partial charge in [-0.3, -0.25) is 0 Å². The predicted octanol–water partition coefficient (Wildman–Crippen LogP) is 3.93. The zero-order valence-electron chi connectivity index (χ0n) is 9.62. The van der Waals surface area contributed by atoms with Crippen LogP contribution in [0.4, 0.5) is 5.69 Å². The van der Waals surface area contributed by atoms with Gasteiger partial charge in [0.1, 0.15) is 0 Å². The van der Waals surface area contributed by atoms with Crippen LogP contribution < -0.4 is 4.90 Å². The highest BCUT2D eigenvalue weighted by atomic mass is 79.9. The molecule has 0 N–H and O–H groups in total. The quantitative estimate of drug-likeness (QED) is 0.708. The Hall–Kier alpha value is -0.500. The van der Waals surface area contributed by atoms with Crippen molar-refractivity contribution in [2.45, 2.75) is 19.8 Å². The molecule has 0 aliphatic carbocycles. The van der Waals surface area contributed by atoms with E-state index in [0.717, 1.165) is 17.8 Å². The van der Waals surface area contributed by atoms with Gasteiger partial charge in [-0.05, 0) is 30.9 Å². The van der Waals surface area contributed by atoms with E-state index in [4.69, 9.17) is 0 Å². The molecule has 0 saturated carbocycles. The maximum Gasteiger partial charge on any atom is 0.0363 e. The van der Waals surface area contributed by atoms with Crippen LogP contribution in [0.1, 0.15) is 19.8 Å². The number of nitrogens with zero attached hydrogens (tertiary/aromatic N) is 1. The zero-order valence-corrected chi connectivity index (χ0v) is 11.2. The Balaban J connectivity index is 2.33. The van der Waals surface area contributed by atoms with Crippen LogP contribution in [0.15, 0.2) is 30.3 Å². The standard InChI is InChI=1S/C13H20BrN/c1-12(8-10-14)9-11-15(2)13-6-4-3-5-7-13/h3-7,12H,8-11H2,1-2H3. The van der Waals surface area contributed by atoms with Crippen LogP contribution >= 0.6 is 15.9 Å². The van der Waals surface area contributed by atoms with Crippen LogP contribution in [0.5, 0.6) is 0 Å². The first kappa shape index (κ1) is 12.6. The van der Waals surface area contributed by atoms with Gasteiger partial charge in [0, 0.05) is 24.6 Å². The van der Waals surface area contributed by atoms with Crippen LogP contribution in [0, 0.1) is 5.92 Å². The summed E-state index contributed by atoms with van der Waals surface area (Å²) in [6.45, 7) is 3.46. The van der Waals surface area contributed by atoms with E-state index in [9.17, 15) is 0 Å². The smallest absolute Gasteiger partial charge is 0.0363 e.